The lowest BCUT2D eigenvalue weighted by atomic mass is 9.77. The molecule has 0 aliphatic heterocycles. The Bertz CT molecular complexity index is 485. The van der Waals surface area contributed by atoms with E-state index in [2.05, 4.69) is 24.4 Å². The lowest BCUT2D eigenvalue weighted by molar-refractivity contribution is 0.0706. The van der Waals surface area contributed by atoms with Gasteiger partial charge >= 0.3 is 0 Å². The molecule has 3 heteroatoms. The SMILES string of the molecule is CCC1CCCC(C(O)c2cc3sccc3s2)C1. The molecular formula is C15H20OS2. The number of rotatable bonds is 3. The topological polar surface area (TPSA) is 20.2 Å². The summed E-state index contributed by atoms with van der Waals surface area (Å²) in [4.78, 5) is 1.18. The number of hydrogen-bond donors (Lipinski definition) is 1. The Morgan fingerprint density at radius 2 is 2.28 bits per heavy atom. The highest BCUT2D eigenvalue weighted by atomic mass is 32.1. The van der Waals surface area contributed by atoms with Crippen LogP contribution >= 0.6 is 22.7 Å². The average molecular weight is 280 g/mol. The summed E-state index contributed by atoms with van der Waals surface area (Å²) in [5.41, 5.74) is 0. The Kier molecular flexibility index (Phi) is 3.73. The van der Waals surface area contributed by atoms with Gasteiger partial charge in [0.05, 0.1) is 6.10 Å². The summed E-state index contributed by atoms with van der Waals surface area (Å²) in [5, 5.41) is 12.7. The van der Waals surface area contributed by atoms with Crippen LogP contribution in [0.3, 0.4) is 0 Å². The fourth-order valence-electron chi connectivity index (χ4n) is 3.15. The molecular weight excluding hydrogens is 260 g/mol. The lowest BCUT2D eigenvalue weighted by Crippen LogP contribution is -2.20. The van der Waals surface area contributed by atoms with E-state index in [1.165, 1.54) is 46.4 Å². The summed E-state index contributed by atoms with van der Waals surface area (Å²) in [6.45, 7) is 2.28. The van der Waals surface area contributed by atoms with Gasteiger partial charge in [0, 0.05) is 14.3 Å². The van der Waals surface area contributed by atoms with E-state index < -0.39 is 0 Å². The summed E-state index contributed by atoms with van der Waals surface area (Å²) < 4.78 is 2.66. The minimum atomic E-state index is -0.232. The van der Waals surface area contributed by atoms with E-state index in [9.17, 15) is 5.11 Å². The number of aliphatic hydroxyl groups is 1. The Morgan fingerprint density at radius 3 is 3.06 bits per heavy atom. The van der Waals surface area contributed by atoms with Gasteiger partial charge in [0.2, 0.25) is 0 Å². The van der Waals surface area contributed by atoms with E-state index in [1.54, 1.807) is 22.7 Å². The number of thiophene rings is 2. The predicted molar refractivity (Wildman–Crippen MR) is 80.4 cm³/mol. The largest absolute Gasteiger partial charge is 0.387 e. The lowest BCUT2D eigenvalue weighted by Gasteiger charge is -2.31. The maximum absolute atomic E-state index is 10.6. The van der Waals surface area contributed by atoms with E-state index in [-0.39, 0.29) is 6.10 Å². The first-order valence-electron chi connectivity index (χ1n) is 6.93. The smallest absolute Gasteiger partial charge is 0.0910 e. The molecule has 0 spiro atoms. The van der Waals surface area contributed by atoms with Crippen molar-refractivity contribution in [2.45, 2.75) is 45.1 Å². The van der Waals surface area contributed by atoms with Crippen LogP contribution in [0.15, 0.2) is 17.5 Å². The Balaban J connectivity index is 1.77. The maximum atomic E-state index is 10.6. The molecule has 3 rings (SSSR count). The summed E-state index contributed by atoms with van der Waals surface area (Å²) in [6, 6.07) is 4.36. The van der Waals surface area contributed by atoms with Crippen LogP contribution in [0.4, 0.5) is 0 Å². The van der Waals surface area contributed by atoms with Crippen LogP contribution in [-0.2, 0) is 0 Å². The van der Waals surface area contributed by atoms with Crippen molar-refractivity contribution in [2.24, 2.45) is 11.8 Å². The molecule has 0 radical (unpaired) electrons. The molecule has 1 saturated carbocycles. The van der Waals surface area contributed by atoms with Crippen molar-refractivity contribution in [3.05, 3.63) is 22.4 Å². The van der Waals surface area contributed by atoms with Crippen molar-refractivity contribution in [1.29, 1.82) is 0 Å². The Hall–Kier alpha value is -0.380. The molecule has 3 unspecified atom stereocenters. The van der Waals surface area contributed by atoms with Gasteiger partial charge in [0.15, 0.2) is 0 Å². The van der Waals surface area contributed by atoms with Crippen molar-refractivity contribution >= 4 is 32.1 Å². The van der Waals surface area contributed by atoms with Gasteiger partial charge in [0.25, 0.3) is 0 Å². The molecule has 1 aliphatic carbocycles. The van der Waals surface area contributed by atoms with Crippen molar-refractivity contribution < 1.29 is 5.11 Å². The molecule has 2 heterocycles. The van der Waals surface area contributed by atoms with Crippen LogP contribution in [-0.4, -0.2) is 5.11 Å². The molecule has 2 aromatic heterocycles. The fraction of sp³-hybridized carbons (Fsp3) is 0.600. The molecule has 1 nitrogen and oxygen atoms in total. The first-order valence-corrected chi connectivity index (χ1v) is 8.62. The first kappa shape index (κ1) is 12.6. The fourth-order valence-corrected chi connectivity index (χ4v) is 5.35. The zero-order valence-electron chi connectivity index (χ0n) is 10.8. The van der Waals surface area contributed by atoms with Gasteiger partial charge < -0.3 is 5.11 Å². The van der Waals surface area contributed by atoms with E-state index >= 15 is 0 Å². The minimum Gasteiger partial charge on any atom is -0.387 e. The highest BCUT2D eigenvalue weighted by Gasteiger charge is 2.28. The summed E-state index contributed by atoms with van der Waals surface area (Å²) in [5.74, 6) is 1.32. The van der Waals surface area contributed by atoms with Crippen molar-refractivity contribution in [3.8, 4) is 0 Å². The second-order valence-corrected chi connectivity index (χ2v) is 7.51. The third-order valence-corrected chi connectivity index (χ3v) is 6.46. The standard InChI is InChI=1S/C15H20OS2/c1-2-10-4-3-5-11(8-10)15(16)14-9-13-12(18-14)6-7-17-13/h6-7,9-11,15-16H,2-5,8H2,1H3. The van der Waals surface area contributed by atoms with Gasteiger partial charge in [-0.05, 0) is 42.2 Å². The molecule has 1 aliphatic rings. The third kappa shape index (κ3) is 2.36. The van der Waals surface area contributed by atoms with Crippen LogP contribution in [0.1, 0.15) is 50.0 Å². The molecule has 0 bridgehead atoms. The number of fused-ring (bicyclic) bond motifs is 1. The van der Waals surface area contributed by atoms with Gasteiger partial charge in [-0.25, -0.2) is 0 Å². The molecule has 98 valence electrons. The van der Waals surface area contributed by atoms with Crippen LogP contribution < -0.4 is 0 Å². The molecule has 1 N–H and O–H groups in total. The van der Waals surface area contributed by atoms with E-state index in [1.807, 2.05) is 0 Å². The van der Waals surface area contributed by atoms with Crippen molar-refractivity contribution in [2.75, 3.05) is 0 Å². The maximum Gasteiger partial charge on any atom is 0.0910 e. The minimum absolute atomic E-state index is 0.232. The highest BCUT2D eigenvalue weighted by molar-refractivity contribution is 7.26. The average Bonchev–Trinajstić information content (AvgIpc) is 2.98. The van der Waals surface area contributed by atoms with Gasteiger partial charge in [-0.3, -0.25) is 0 Å². The van der Waals surface area contributed by atoms with Gasteiger partial charge in [-0.2, -0.15) is 0 Å². The zero-order chi connectivity index (χ0) is 12.5. The third-order valence-electron chi connectivity index (χ3n) is 4.30. The molecule has 0 aromatic carbocycles. The van der Waals surface area contributed by atoms with Crippen LogP contribution in [0.5, 0.6) is 0 Å². The highest BCUT2D eigenvalue weighted by Crippen LogP contribution is 2.42. The number of hydrogen-bond acceptors (Lipinski definition) is 3. The molecule has 1 fully saturated rings. The second kappa shape index (κ2) is 5.32. The first-order chi connectivity index (χ1) is 8.78. The van der Waals surface area contributed by atoms with E-state index in [0.717, 1.165) is 5.92 Å². The zero-order valence-corrected chi connectivity index (χ0v) is 12.4. The quantitative estimate of drug-likeness (QED) is 0.818. The van der Waals surface area contributed by atoms with E-state index in [4.69, 9.17) is 0 Å². The number of aliphatic hydroxyl groups excluding tert-OH is 1. The van der Waals surface area contributed by atoms with Gasteiger partial charge in [-0.15, -0.1) is 22.7 Å². The predicted octanol–water partition coefficient (Wildman–Crippen LogP) is 5.21. The molecule has 2 aromatic rings. The summed E-state index contributed by atoms with van der Waals surface area (Å²) in [7, 11) is 0. The van der Waals surface area contributed by atoms with Crippen LogP contribution in [0.25, 0.3) is 9.40 Å². The van der Waals surface area contributed by atoms with Crippen LogP contribution in [0.2, 0.25) is 0 Å². The Labute approximate surface area is 116 Å². The molecule has 18 heavy (non-hydrogen) atoms. The molecule has 3 atom stereocenters. The Morgan fingerprint density at radius 1 is 1.39 bits per heavy atom. The summed E-state index contributed by atoms with van der Waals surface area (Å²) >= 11 is 3.55. The summed E-state index contributed by atoms with van der Waals surface area (Å²) in [6.07, 6.45) is 6.10. The molecule has 0 saturated heterocycles. The molecule has 0 amide bonds. The monoisotopic (exact) mass is 280 g/mol. The normalized spacial score (nSPS) is 26.6. The van der Waals surface area contributed by atoms with Crippen LogP contribution in [0, 0.1) is 11.8 Å². The van der Waals surface area contributed by atoms with Gasteiger partial charge in [-0.1, -0.05) is 26.2 Å². The van der Waals surface area contributed by atoms with Crippen molar-refractivity contribution in [1.82, 2.24) is 0 Å². The van der Waals surface area contributed by atoms with Crippen molar-refractivity contribution in [3.63, 3.8) is 0 Å². The van der Waals surface area contributed by atoms with Gasteiger partial charge in [0.1, 0.15) is 0 Å². The van der Waals surface area contributed by atoms with E-state index in [0.29, 0.717) is 5.92 Å². The second-order valence-electron chi connectivity index (χ2n) is 5.44.